The van der Waals surface area contributed by atoms with E-state index in [1.165, 1.54) is 0 Å². The Morgan fingerprint density at radius 1 is 1.33 bits per heavy atom. The highest BCUT2D eigenvalue weighted by atomic mass is 35.5. The zero-order chi connectivity index (χ0) is 15.6. The van der Waals surface area contributed by atoms with Gasteiger partial charge in [0, 0.05) is 35.4 Å². The zero-order valence-electron chi connectivity index (χ0n) is 12.9. The van der Waals surface area contributed by atoms with E-state index in [9.17, 15) is 4.79 Å². The minimum absolute atomic E-state index is 0.135. The first-order valence-corrected chi connectivity index (χ1v) is 7.76. The summed E-state index contributed by atoms with van der Waals surface area (Å²) in [5.41, 5.74) is 6.95. The molecule has 116 valence electrons. The van der Waals surface area contributed by atoms with Gasteiger partial charge in [-0.15, -0.1) is 0 Å². The highest BCUT2D eigenvalue weighted by molar-refractivity contribution is 6.31. The number of piperidine rings is 1. The number of rotatable bonds is 2. The van der Waals surface area contributed by atoms with Gasteiger partial charge in [-0.3, -0.25) is 9.69 Å². The molecule has 1 aromatic rings. The minimum Gasteiger partial charge on any atom is -0.398 e. The Labute approximate surface area is 131 Å². The summed E-state index contributed by atoms with van der Waals surface area (Å²) in [5, 5.41) is 3.60. The van der Waals surface area contributed by atoms with E-state index >= 15 is 0 Å². The van der Waals surface area contributed by atoms with Gasteiger partial charge >= 0.3 is 0 Å². The monoisotopic (exact) mass is 309 g/mol. The van der Waals surface area contributed by atoms with Crippen LogP contribution in [0.4, 0.5) is 5.69 Å². The number of likely N-dealkylation sites (tertiary alicyclic amines) is 1. The van der Waals surface area contributed by atoms with Crippen LogP contribution in [0.1, 0.15) is 44.0 Å². The molecule has 1 fully saturated rings. The van der Waals surface area contributed by atoms with Crippen molar-refractivity contribution >= 4 is 23.2 Å². The van der Waals surface area contributed by atoms with Gasteiger partial charge in [0.05, 0.1) is 5.56 Å². The van der Waals surface area contributed by atoms with Crippen molar-refractivity contribution in [2.75, 3.05) is 18.8 Å². The van der Waals surface area contributed by atoms with Gasteiger partial charge in [-0.25, -0.2) is 0 Å². The molecule has 1 heterocycles. The van der Waals surface area contributed by atoms with E-state index in [4.69, 9.17) is 17.3 Å². The van der Waals surface area contributed by atoms with Crippen LogP contribution in [0.3, 0.4) is 0 Å². The Bertz CT molecular complexity index is 517. The van der Waals surface area contributed by atoms with Gasteiger partial charge in [0.2, 0.25) is 0 Å². The number of hydrogen-bond donors (Lipinski definition) is 2. The zero-order valence-corrected chi connectivity index (χ0v) is 13.7. The van der Waals surface area contributed by atoms with Crippen LogP contribution >= 0.6 is 11.6 Å². The molecule has 0 aliphatic carbocycles. The molecule has 0 atom stereocenters. The minimum atomic E-state index is -0.135. The van der Waals surface area contributed by atoms with Crippen LogP contribution < -0.4 is 11.1 Å². The number of carbonyl (C=O) groups excluding carboxylic acids is 1. The number of carbonyl (C=O) groups is 1. The van der Waals surface area contributed by atoms with Crippen LogP contribution in [0.25, 0.3) is 0 Å². The van der Waals surface area contributed by atoms with Gasteiger partial charge in [0.1, 0.15) is 0 Å². The van der Waals surface area contributed by atoms with Crippen LogP contribution in [0.15, 0.2) is 18.2 Å². The Morgan fingerprint density at radius 3 is 2.52 bits per heavy atom. The lowest BCUT2D eigenvalue weighted by Gasteiger charge is -2.41. The summed E-state index contributed by atoms with van der Waals surface area (Å²) >= 11 is 5.93. The number of hydrogen-bond acceptors (Lipinski definition) is 3. The van der Waals surface area contributed by atoms with Crippen molar-refractivity contribution in [1.29, 1.82) is 0 Å². The van der Waals surface area contributed by atoms with Gasteiger partial charge in [0.25, 0.3) is 5.91 Å². The summed E-state index contributed by atoms with van der Waals surface area (Å²) in [6.45, 7) is 8.66. The molecule has 0 radical (unpaired) electrons. The first-order valence-electron chi connectivity index (χ1n) is 7.38. The van der Waals surface area contributed by atoms with Gasteiger partial charge in [-0.05, 0) is 51.8 Å². The maximum atomic E-state index is 12.3. The number of nitrogens with one attached hydrogen (secondary N) is 1. The smallest absolute Gasteiger partial charge is 0.253 e. The third-order valence-corrected chi connectivity index (χ3v) is 4.27. The molecule has 3 N–H and O–H groups in total. The normalized spacial score (nSPS) is 17.7. The second kappa shape index (κ2) is 6.24. The third-order valence-electron chi connectivity index (χ3n) is 4.04. The van der Waals surface area contributed by atoms with Crippen molar-refractivity contribution in [2.24, 2.45) is 0 Å². The Balaban J connectivity index is 1.94. The van der Waals surface area contributed by atoms with E-state index in [0.29, 0.717) is 16.3 Å². The molecular formula is C16H24ClN3O. The molecule has 1 aliphatic heterocycles. The first kappa shape index (κ1) is 16.1. The lowest BCUT2D eigenvalue weighted by molar-refractivity contribution is 0.0813. The molecule has 5 heteroatoms. The van der Waals surface area contributed by atoms with Crippen LogP contribution in [0.2, 0.25) is 5.02 Å². The van der Waals surface area contributed by atoms with E-state index in [-0.39, 0.29) is 17.5 Å². The summed E-state index contributed by atoms with van der Waals surface area (Å²) in [6.07, 6.45) is 1.92. The molecule has 2 rings (SSSR count). The predicted octanol–water partition coefficient (Wildman–Crippen LogP) is 2.91. The number of benzene rings is 1. The molecule has 1 saturated heterocycles. The van der Waals surface area contributed by atoms with Gasteiger partial charge in [-0.2, -0.15) is 0 Å². The summed E-state index contributed by atoms with van der Waals surface area (Å²) in [5.74, 6) is -0.135. The number of amides is 1. The number of nitrogens with zero attached hydrogens (tertiary/aromatic N) is 1. The molecule has 0 aromatic heterocycles. The molecule has 1 aliphatic rings. The fraction of sp³-hybridized carbons (Fsp3) is 0.562. The average Bonchev–Trinajstić information content (AvgIpc) is 2.41. The van der Waals surface area contributed by atoms with E-state index in [2.05, 4.69) is 31.0 Å². The largest absolute Gasteiger partial charge is 0.398 e. The number of nitrogens with two attached hydrogens (primary N) is 1. The van der Waals surface area contributed by atoms with Crippen molar-refractivity contribution in [3.05, 3.63) is 28.8 Å². The third kappa shape index (κ3) is 4.11. The first-order chi connectivity index (χ1) is 9.77. The lowest BCUT2D eigenvalue weighted by atomic mass is 9.98. The van der Waals surface area contributed by atoms with Gasteiger partial charge in [-0.1, -0.05) is 11.6 Å². The van der Waals surface area contributed by atoms with Gasteiger partial charge < -0.3 is 11.1 Å². The molecule has 0 bridgehead atoms. The summed E-state index contributed by atoms with van der Waals surface area (Å²) in [4.78, 5) is 14.7. The molecule has 1 amide bonds. The number of anilines is 1. The molecule has 0 unspecified atom stereocenters. The Morgan fingerprint density at radius 2 is 1.95 bits per heavy atom. The summed E-state index contributed by atoms with van der Waals surface area (Å²) < 4.78 is 0. The van der Waals surface area contributed by atoms with Crippen LogP contribution in [0.5, 0.6) is 0 Å². The van der Waals surface area contributed by atoms with E-state index in [0.717, 1.165) is 25.9 Å². The Kier molecular flexibility index (Phi) is 4.79. The summed E-state index contributed by atoms with van der Waals surface area (Å²) in [7, 11) is 0. The predicted molar refractivity (Wildman–Crippen MR) is 87.7 cm³/mol. The van der Waals surface area contributed by atoms with Gasteiger partial charge in [0.15, 0.2) is 0 Å². The van der Waals surface area contributed by atoms with Crippen molar-refractivity contribution in [3.8, 4) is 0 Å². The summed E-state index contributed by atoms with van der Waals surface area (Å²) in [6, 6.07) is 5.18. The second-order valence-corrected chi connectivity index (χ2v) is 7.07. The quantitative estimate of drug-likeness (QED) is 0.826. The second-order valence-electron chi connectivity index (χ2n) is 6.64. The molecule has 0 saturated carbocycles. The maximum absolute atomic E-state index is 12.3. The SMILES string of the molecule is CC(C)(C)N1CCC(NC(=O)c2cc(Cl)ccc2N)CC1. The standard InChI is InChI=1S/C16H24ClN3O/c1-16(2,3)20-8-6-12(7-9-20)19-15(21)13-10-11(17)4-5-14(13)18/h4-5,10,12H,6-9,18H2,1-3H3,(H,19,21). The highest BCUT2D eigenvalue weighted by Crippen LogP contribution is 2.22. The van der Waals surface area contributed by atoms with Crippen molar-refractivity contribution in [1.82, 2.24) is 10.2 Å². The molecule has 0 spiro atoms. The van der Waals surface area contributed by atoms with Crippen LogP contribution in [0, 0.1) is 0 Å². The van der Waals surface area contributed by atoms with E-state index in [1.807, 2.05) is 0 Å². The topological polar surface area (TPSA) is 58.4 Å². The van der Waals surface area contributed by atoms with Crippen LogP contribution in [-0.4, -0.2) is 35.5 Å². The van der Waals surface area contributed by atoms with Crippen LogP contribution in [-0.2, 0) is 0 Å². The maximum Gasteiger partial charge on any atom is 0.253 e. The molecule has 4 nitrogen and oxygen atoms in total. The average molecular weight is 310 g/mol. The van der Waals surface area contributed by atoms with Crippen molar-refractivity contribution < 1.29 is 4.79 Å². The van der Waals surface area contributed by atoms with Crippen molar-refractivity contribution in [2.45, 2.75) is 45.2 Å². The fourth-order valence-electron chi connectivity index (χ4n) is 2.68. The Hall–Kier alpha value is -1.26. The fourth-order valence-corrected chi connectivity index (χ4v) is 2.86. The molecule has 1 aromatic carbocycles. The van der Waals surface area contributed by atoms with Crippen molar-refractivity contribution in [3.63, 3.8) is 0 Å². The van der Waals surface area contributed by atoms with E-state index < -0.39 is 0 Å². The number of nitrogen functional groups attached to an aromatic ring is 1. The molecule has 21 heavy (non-hydrogen) atoms. The number of halogens is 1. The highest BCUT2D eigenvalue weighted by Gasteiger charge is 2.27. The molecular weight excluding hydrogens is 286 g/mol. The van der Waals surface area contributed by atoms with E-state index in [1.54, 1.807) is 18.2 Å². The lowest BCUT2D eigenvalue weighted by Crippen LogP contribution is -2.50.